The number of aliphatic hydroxyl groups is 1. The molecule has 1 aromatic carbocycles. The summed E-state index contributed by atoms with van der Waals surface area (Å²) in [5, 5.41) is 10.0. The van der Waals surface area contributed by atoms with E-state index >= 15 is 0 Å². The monoisotopic (exact) mass is 373 g/mol. The number of halogens is 3. The molecule has 2 rings (SSSR count). The summed E-state index contributed by atoms with van der Waals surface area (Å²) in [6.07, 6.45) is 1.34. The summed E-state index contributed by atoms with van der Waals surface area (Å²) in [6, 6.07) is 8.28. The third kappa shape index (κ3) is 3.37. The number of pyridine rings is 1. The predicted molar refractivity (Wildman–Crippen MR) is 74.7 cm³/mol. The van der Waals surface area contributed by atoms with Crippen molar-refractivity contribution in [1.82, 2.24) is 4.98 Å². The average molecular weight is 375 g/mol. The van der Waals surface area contributed by atoms with E-state index in [1.54, 1.807) is 24.4 Å². The summed E-state index contributed by atoms with van der Waals surface area (Å²) in [7, 11) is 0. The fourth-order valence-corrected chi connectivity index (χ4v) is 2.24. The minimum Gasteiger partial charge on any atom is -0.386 e. The van der Waals surface area contributed by atoms with Crippen molar-refractivity contribution in [3.8, 4) is 0 Å². The van der Waals surface area contributed by atoms with Crippen LogP contribution in [0.4, 0.5) is 4.39 Å². The standard InChI is InChI=1S/C13H10Br2FNO/c14-9-2-4-12(17-7-9)13(18)6-8-1-3-11(16)10(15)5-8/h1-5,7,13,18H,6H2. The topological polar surface area (TPSA) is 33.1 Å². The molecule has 0 amide bonds. The normalized spacial score (nSPS) is 12.4. The molecule has 0 fully saturated rings. The molecule has 1 N–H and O–H groups in total. The van der Waals surface area contributed by atoms with Crippen molar-refractivity contribution in [3.63, 3.8) is 0 Å². The van der Waals surface area contributed by atoms with Crippen molar-refractivity contribution < 1.29 is 9.50 Å². The molecule has 18 heavy (non-hydrogen) atoms. The zero-order valence-electron chi connectivity index (χ0n) is 9.28. The van der Waals surface area contributed by atoms with Crippen LogP contribution in [0.2, 0.25) is 0 Å². The highest BCUT2D eigenvalue weighted by Gasteiger charge is 2.11. The third-order valence-electron chi connectivity index (χ3n) is 2.50. The lowest BCUT2D eigenvalue weighted by Crippen LogP contribution is -2.04. The molecule has 0 saturated carbocycles. The SMILES string of the molecule is OC(Cc1ccc(F)c(Br)c1)c1ccc(Br)cn1. The molecular weight excluding hydrogens is 365 g/mol. The van der Waals surface area contributed by atoms with E-state index in [0.717, 1.165) is 10.0 Å². The Balaban J connectivity index is 2.13. The molecule has 1 unspecified atom stereocenters. The smallest absolute Gasteiger partial charge is 0.137 e. The van der Waals surface area contributed by atoms with Gasteiger partial charge in [-0.15, -0.1) is 0 Å². The maximum absolute atomic E-state index is 13.1. The molecule has 0 radical (unpaired) electrons. The fourth-order valence-electron chi connectivity index (χ4n) is 1.58. The molecule has 94 valence electrons. The number of benzene rings is 1. The molecule has 0 aliphatic heterocycles. The molecule has 2 aromatic rings. The van der Waals surface area contributed by atoms with Crippen molar-refractivity contribution in [2.45, 2.75) is 12.5 Å². The Kier molecular flexibility index (Phi) is 4.48. The Morgan fingerprint density at radius 1 is 1.22 bits per heavy atom. The third-order valence-corrected chi connectivity index (χ3v) is 3.58. The van der Waals surface area contributed by atoms with Crippen LogP contribution in [0.15, 0.2) is 45.5 Å². The van der Waals surface area contributed by atoms with Gasteiger partial charge in [-0.1, -0.05) is 6.07 Å². The van der Waals surface area contributed by atoms with Gasteiger partial charge in [0.2, 0.25) is 0 Å². The lowest BCUT2D eigenvalue weighted by molar-refractivity contribution is 0.173. The van der Waals surface area contributed by atoms with Crippen LogP contribution in [0, 0.1) is 5.82 Å². The fraction of sp³-hybridized carbons (Fsp3) is 0.154. The van der Waals surface area contributed by atoms with E-state index in [4.69, 9.17) is 0 Å². The van der Waals surface area contributed by atoms with E-state index in [1.807, 2.05) is 6.07 Å². The van der Waals surface area contributed by atoms with Crippen LogP contribution < -0.4 is 0 Å². The zero-order valence-corrected chi connectivity index (χ0v) is 12.4. The van der Waals surface area contributed by atoms with Gasteiger partial charge in [-0.05, 0) is 61.7 Å². The number of rotatable bonds is 3. The van der Waals surface area contributed by atoms with Crippen LogP contribution in [-0.4, -0.2) is 10.1 Å². The highest BCUT2D eigenvalue weighted by Crippen LogP contribution is 2.22. The van der Waals surface area contributed by atoms with E-state index in [1.165, 1.54) is 6.07 Å². The Morgan fingerprint density at radius 3 is 2.61 bits per heavy atom. The zero-order chi connectivity index (χ0) is 13.1. The van der Waals surface area contributed by atoms with Gasteiger partial charge in [-0.3, -0.25) is 4.98 Å². The Morgan fingerprint density at radius 2 is 2.00 bits per heavy atom. The van der Waals surface area contributed by atoms with Crippen molar-refractivity contribution in [1.29, 1.82) is 0 Å². The molecule has 1 heterocycles. The first-order valence-electron chi connectivity index (χ1n) is 5.29. The highest BCUT2D eigenvalue weighted by atomic mass is 79.9. The summed E-state index contributed by atoms with van der Waals surface area (Å²) >= 11 is 6.41. The Hall–Kier alpha value is -0.780. The first kappa shape index (κ1) is 13.6. The van der Waals surface area contributed by atoms with Gasteiger partial charge < -0.3 is 5.11 Å². The molecule has 0 saturated heterocycles. The van der Waals surface area contributed by atoms with Crippen molar-refractivity contribution >= 4 is 31.9 Å². The van der Waals surface area contributed by atoms with Crippen LogP contribution in [0.3, 0.4) is 0 Å². The van der Waals surface area contributed by atoms with Crippen LogP contribution in [0.1, 0.15) is 17.4 Å². The second-order valence-electron chi connectivity index (χ2n) is 3.87. The summed E-state index contributed by atoms with van der Waals surface area (Å²) in [6.45, 7) is 0. The van der Waals surface area contributed by atoms with Crippen LogP contribution in [0.25, 0.3) is 0 Å². The molecular formula is C13H10Br2FNO. The average Bonchev–Trinajstić information content (AvgIpc) is 2.34. The maximum atomic E-state index is 13.1. The van der Waals surface area contributed by atoms with Gasteiger partial charge in [-0.25, -0.2) is 4.39 Å². The molecule has 1 aromatic heterocycles. The molecule has 0 spiro atoms. The Labute approximate surface area is 121 Å². The first-order valence-corrected chi connectivity index (χ1v) is 6.88. The number of aliphatic hydroxyl groups excluding tert-OH is 1. The molecule has 2 nitrogen and oxygen atoms in total. The second kappa shape index (κ2) is 5.91. The van der Waals surface area contributed by atoms with E-state index < -0.39 is 6.10 Å². The minimum atomic E-state index is -0.699. The minimum absolute atomic E-state index is 0.310. The molecule has 1 atom stereocenters. The quantitative estimate of drug-likeness (QED) is 0.880. The molecule has 0 aliphatic carbocycles. The molecule has 5 heteroatoms. The number of hydrogen-bond donors (Lipinski definition) is 1. The van der Waals surface area contributed by atoms with E-state index in [9.17, 15) is 9.50 Å². The number of nitrogens with zero attached hydrogens (tertiary/aromatic N) is 1. The van der Waals surface area contributed by atoms with Gasteiger partial charge in [0.05, 0.1) is 16.3 Å². The molecule has 0 aliphatic rings. The largest absolute Gasteiger partial charge is 0.386 e. The van der Waals surface area contributed by atoms with Crippen molar-refractivity contribution in [2.24, 2.45) is 0 Å². The first-order chi connectivity index (χ1) is 8.56. The van der Waals surface area contributed by atoms with E-state index in [-0.39, 0.29) is 5.82 Å². The summed E-state index contributed by atoms with van der Waals surface area (Å²) < 4.78 is 14.3. The predicted octanol–water partition coefficient (Wildman–Crippen LogP) is 4.02. The van der Waals surface area contributed by atoms with Gasteiger partial charge in [0.25, 0.3) is 0 Å². The molecule has 0 bridgehead atoms. The van der Waals surface area contributed by atoms with E-state index in [0.29, 0.717) is 16.6 Å². The van der Waals surface area contributed by atoms with Crippen molar-refractivity contribution in [3.05, 3.63) is 62.5 Å². The van der Waals surface area contributed by atoms with Crippen LogP contribution >= 0.6 is 31.9 Å². The maximum Gasteiger partial charge on any atom is 0.137 e. The van der Waals surface area contributed by atoms with Crippen molar-refractivity contribution in [2.75, 3.05) is 0 Å². The number of hydrogen-bond acceptors (Lipinski definition) is 2. The highest BCUT2D eigenvalue weighted by molar-refractivity contribution is 9.10. The van der Waals surface area contributed by atoms with Gasteiger partial charge in [0.1, 0.15) is 5.82 Å². The van der Waals surface area contributed by atoms with Gasteiger partial charge in [-0.2, -0.15) is 0 Å². The summed E-state index contributed by atoms with van der Waals surface area (Å²) in [5.74, 6) is -0.310. The lowest BCUT2D eigenvalue weighted by Gasteiger charge is -2.10. The second-order valence-corrected chi connectivity index (χ2v) is 5.64. The Bertz CT molecular complexity index is 545. The summed E-state index contributed by atoms with van der Waals surface area (Å²) in [4.78, 5) is 4.13. The van der Waals surface area contributed by atoms with E-state index in [2.05, 4.69) is 36.8 Å². The van der Waals surface area contributed by atoms with Gasteiger partial charge in [0, 0.05) is 17.1 Å². The van der Waals surface area contributed by atoms with Crippen LogP contribution in [-0.2, 0) is 6.42 Å². The lowest BCUT2D eigenvalue weighted by atomic mass is 10.1. The van der Waals surface area contributed by atoms with Gasteiger partial charge in [0.15, 0.2) is 0 Å². The number of aromatic nitrogens is 1. The van der Waals surface area contributed by atoms with Crippen LogP contribution in [0.5, 0.6) is 0 Å². The van der Waals surface area contributed by atoms with Gasteiger partial charge >= 0.3 is 0 Å². The summed E-state index contributed by atoms with van der Waals surface area (Å²) in [5.41, 5.74) is 1.44.